The Morgan fingerprint density at radius 1 is 1.33 bits per heavy atom. The summed E-state index contributed by atoms with van der Waals surface area (Å²) in [6.07, 6.45) is 9.46. The molecule has 0 aliphatic heterocycles. The molecule has 1 heterocycles. The summed E-state index contributed by atoms with van der Waals surface area (Å²) in [6.45, 7) is 0. The smallest absolute Gasteiger partial charge is 0.211 e. The normalized spacial score (nSPS) is 9.11. The van der Waals surface area contributed by atoms with E-state index in [1.54, 1.807) is 23.5 Å². The van der Waals surface area contributed by atoms with Gasteiger partial charge in [0.05, 0.1) is 16.0 Å². The van der Waals surface area contributed by atoms with Gasteiger partial charge in [-0.2, -0.15) is 0 Å². The minimum Gasteiger partial charge on any atom is -1.00 e. The molecule has 2 nitrogen and oxygen atoms in total. The maximum Gasteiger partial charge on any atom is 0.211 e. The van der Waals surface area contributed by atoms with E-state index < -0.39 is 0 Å². The van der Waals surface area contributed by atoms with Gasteiger partial charge in [0.1, 0.15) is 0 Å². The molecule has 18 heavy (non-hydrogen) atoms. The number of hydrogen-bond donors (Lipinski definition) is 0. The highest BCUT2D eigenvalue weighted by Crippen LogP contribution is 2.33. The molecule has 1 aromatic heterocycles. The van der Waals surface area contributed by atoms with Gasteiger partial charge in [-0.1, -0.05) is 18.1 Å². The molecule has 0 aliphatic carbocycles. The SMILES string of the molecule is C#CCSc1c(SC)c[nH+]c2ccccc12.O.[Cl-]. The number of nitrogens with one attached hydrogen (secondary N) is 1. The number of halogens is 1. The average Bonchev–Trinajstić information content (AvgIpc) is 2.35. The van der Waals surface area contributed by atoms with Crippen molar-refractivity contribution in [2.24, 2.45) is 0 Å². The van der Waals surface area contributed by atoms with Crippen molar-refractivity contribution in [3.8, 4) is 12.3 Å². The van der Waals surface area contributed by atoms with E-state index in [2.05, 4.69) is 35.4 Å². The van der Waals surface area contributed by atoms with Gasteiger partial charge in [0.2, 0.25) is 5.52 Å². The first kappa shape index (κ1) is 17.1. The summed E-state index contributed by atoms with van der Waals surface area (Å²) < 4.78 is 0. The van der Waals surface area contributed by atoms with E-state index in [4.69, 9.17) is 6.42 Å². The number of aromatic nitrogens is 1. The van der Waals surface area contributed by atoms with Crippen LogP contribution in [0.2, 0.25) is 0 Å². The van der Waals surface area contributed by atoms with Crippen molar-refractivity contribution in [1.29, 1.82) is 0 Å². The number of fused-ring (bicyclic) bond motifs is 1. The molecule has 2 rings (SSSR count). The third-order valence-electron chi connectivity index (χ3n) is 2.27. The Morgan fingerprint density at radius 2 is 2.06 bits per heavy atom. The highest BCUT2D eigenvalue weighted by Gasteiger charge is 2.11. The van der Waals surface area contributed by atoms with Crippen LogP contribution >= 0.6 is 23.5 Å². The highest BCUT2D eigenvalue weighted by atomic mass is 35.5. The van der Waals surface area contributed by atoms with E-state index in [1.807, 2.05) is 12.3 Å². The number of aromatic amines is 1. The van der Waals surface area contributed by atoms with Crippen molar-refractivity contribution in [3.63, 3.8) is 0 Å². The fraction of sp³-hybridized carbons (Fsp3) is 0.154. The van der Waals surface area contributed by atoms with Crippen LogP contribution in [0.1, 0.15) is 0 Å². The molecule has 0 amide bonds. The summed E-state index contributed by atoms with van der Waals surface area (Å²) in [5, 5.41) is 1.25. The molecule has 0 saturated carbocycles. The van der Waals surface area contributed by atoms with E-state index in [0.717, 1.165) is 5.52 Å². The molecule has 0 spiro atoms. The molecule has 0 saturated heterocycles. The lowest BCUT2D eigenvalue weighted by molar-refractivity contribution is -0.348. The second-order valence-corrected chi connectivity index (χ2v) is 5.06. The molecular formula is C13H14ClNOS2. The van der Waals surface area contributed by atoms with E-state index in [1.165, 1.54) is 15.2 Å². The number of pyridine rings is 1. The largest absolute Gasteiger partial charge is 1.00 e. The molecule has 1 aromatic carbocycles. The van der Waals surface area contributed by atoms with Gasteiger partial charge in [-0.25, -0.2) is 4.98 Å². The van der Waals surface area contributed by atoms with Gasteiger partial charge in [0, 0.05) is 11.0 Å². The number of terminal acetylenes is 1. The summed E-state index contributed by atoms with van der Waals surface area (Å²) >= 11 is 3.46. The fourth-order valence-corrected chi connectivity index (χ4v) is 3.22. The van der Waals surface area contributed by atoms with Crippen LogP contribution in [0.15, 0.2) is 40.3 Å². The van der Waals surface area contributed by atoms with Gasteiger partial charge >= 0.3 is 0 Å². The van der Waals surface area contributed by atoms with Crippen LogP contribution in [0.4, 0.5) is 0 Å². The maximum absolute atomic E-state index is 5.33. The zero-order valence-electron chi connectivity index (χ0n) is 9.87. The lowest BCUT2D eigenvalue weighted by atomic mass is 10.2. The Balaban J connectivity index is 0.00000144. The van der Waals surface area contributed by atoms with Crippen LogP contribution in [-0.2, 0) is 0 Å². The van der Waals surface area contributed by atoms with E-state index >= 15 is 0 Å². The Morgan fingerprint density at radius 3 is 2.72 bits per heavy atom. The van der Waals surface area contributed by atoms with E-state index in [0.29, 0.717) is 5.75 Å². The lowest BCUT2D eigenvalue weighted by Gasteiger charge is -2.05. The molecule has 0 atom stereocenters. The molecule has 2 aromatic rings. The van der Waals surface area contributed by atoms with Gasteiger partial charge in [-0.3, -0.25) is 0 Å². The number of thioether (sulfide) groups is 2. The Labute approximate surface area is 122 Å². The first-order valence-electron chi connectivity index (χ1n) is 4.90. The predicted molar refractivity (Wildman–Crippen MR) is 75.5 cm³/mol. The van der Waals surface area contributed by atoms with E-state index in [-0.39, 0.29) is 17.9 Å². The van der Waals surface area contributed by atoms with Crippen LogP contribution < -0.4 is 17.4 Å². The third kappa shape index (κ3) is 3.56. The standard InChI is InChI=1S/C13H11NS2.ClH.H2O/c1-3-8-16-13-10-6-4-5-7-11(10)14-9-12(13)15-2;;/h1,4-7,9H,8H2,2H3;1H;1H2. The van der Waals surface area contributed by atoms with Gasteiger partial charge in [0.25, 0.3) is 0 Å². The quantitative estimate of drug-likeness (QED) is 0.555. The highest BCUT2D eigenvalue weighted by molar-refractivity contribution is 8.02. The monoisotopic (exact) mass is 299 g/mol. The molecule has 0 unspecified atom stereocenters. The van der Waals surface area contributed by atoms with Crippen molar-refractivity contribution < 1.29 is 22.9 Å². The minimum atomic E-state index is 0. The van der Waals surface area contributed by atoms with Crippen LogP contribution in [0.3, 0.4) is 0 Å². The van der Waals surface area contributed by atoms with Gasteiger partial charge in [-0.05, 0) is 12.3 Å². The van der Waals surface area contributed by atoms with E-state index in [9.17, 15) is 0 Å². The number of H-pyrrole nitrogens is 1. The fourth-order valence-electron chi connectivity index (χ4n) is 1.56. The summed E-state index contributed by atoms with van der Waals surface area (Å²) in [5.41, 5.74) is 1.15. The Bertz CT molecular complexity index is 554. The summed E-state index contributed by atoms with van der Waals surface area (Å²) in [5.74, 6) is 3.39. The molecule has 0 fully saturated rings. The van der Waals surface area contributed by atoms with Crippen LogP contribution in [0.5, 0.6) is 0 Å². The summed E-state index contributed by atoms with van der Waals surface area (Å²) in [6, 6.07) is 8.30. The van der Waals surface area contributed by atoms with Crippen LogP contribution in [0.25, 0.3) is 10.9 Å². The minimum absolute atomic E-state index is 0. The Hall–Kier alpha value is -0.860. The molecule has 5 heteroatoms. The third-order valence-corrected chi connectivity index (χ3v) is 4.20. The van der Waals surface area contributed by atoms with Crippen molar-refractivity contribution in [3.05, 3.63) is 30.5 Å². The molecule has 0 bridgehead atoms. The van der Waals surface area contributed by atoms with Crippen molar-refractivity contribution >= 4 is 34.4 Å². The first-order chi connectivity index (χ1) is 7.86. The average molecular weight is 300 g/mol. The van der Waals surface area contributed by atoms with Crippen molar-refractivity contribution in [1.82, 2.24) is 0 Å². The summed E-state index contributed by atoms with van der Waals surface area (Å²) in [4.78, 5) is 5.83. The second kappa shape index (κ2) is 8.28. The molecule has 3 N–H and O–H groups in total. The lowest BCUT2D eigenvalue weighted by Crippen LogP contribution is -3.00. The number of para-hydroxylation sites is 1. The Kier molecular flexibility index (Phi) is 7.88. The number of hydrogen-bond acceptors (Lipinski definition) is 2. The van der Waals surface area contributed by atoms with Crippen LogP contribution in [-0.4, -0.2) is 17.5 Å². The predicted octanol–water partition coefficient (Wildman–Crippen LogP) is -0.720. The van der Waals surface area contributed by atoms with Gasteiger partial charge in [-0.15, -0.1) is 29.9 Å². The zero-order valence-corrected chi connectivity index (χ0v) is 12.3. The molecular weight excluding hydrogens is 286 g/mol. The number of rotatable bonds is 3. The van der Waals surface area contributed by atoms with Crippen LogP contribution in [0, 0.1) is 12.3 Å². The topological polar surface area (TPSA) is 45.6 Å². The molecule has 0 radical (unpaired) electrons. The maximum atomic E-state index is 5.33. The molecule has 96 valence electrons. The number of benzene rings is 1. The molecule has 0 aliphatic rings. The van der Waals surface area contributed by atoms with Crippen molar-refractivity contribution in [2.45, 2.75) is 9.79 Å². The van der Waals surface area contributed by atoms with Gasteiger partial charge < -0.3 is 17.9 Å². The zero-order chi connectivity index (χ0) is 11.4. The van der Waals surface area contributed by atoms with Crippen molar-refractivity contribution in [2.75, 3.05) is 12.0 Å². The first-order valence-corrected chi connectivity index (χ1v) is 7.11. The summed E-state index contributed by atoms with van der Waals surface area (Å²) in [7, 11) is 0. The van der Waals surface area contributed by atoms with Gasteiger partial charge in [0.15, 0.2) is 6.20 Å². The second-order valence-electron chi connectivity index (χ2n) is 3.22.